The molecule has 2 aromatic rings. The number of carbonyl (C=O) groups excluding carboxylic acids is 1. The molecular weight excluding hydrogens is 396 g/mol. The third-order valence-corrected chi connectivity index (χ3v) is 5.04. The minimum atomic E-state index is 0.0158. The van der Waals surface area contributed by atoms with E-state index in [1.807, 2.05) is 30.0 Å². The van der Waals surface area contributed by atoms with Gasteiger partial charge in [0, 0.05) is 37.4 Å². The van der Waals surface area contributed by atoms with Gasteiger partial charge < -0.3 is 19.3 Å². The van der Waals surface area contributed by atoms with Gasteiger partial charge in [-0.1, -0.05) is 18.2 Å². The molecule has 1 saturated heterocycles. The van der Waals surface area contributed by atoms with E-state index in [2.05, 4.69) is 33.0 Å². The molecule has 5 nitrogen and oxygen atoms in total. The van der Waals surface area contributed by atoms with Crippen LogP contribution in [0, 0.1) is 0 Å². The average molecular weight is 419 g/mol. The Morgan fingerprint density at radius 3 is 2.42 bits per heavy atom. The summed E-state index contributed by atoms with van der Waals surface area (Å²) in [5, 5.41) is 0. The highest BCUT2D eigenvalue weighted by Gasteiger charge is 2.24. The SMILES string of the molecule is CCOc1cc(C(=O)N2CCN(c3ccccc3)CC2)cc(Br)c1OC. The number of rotatable bonds is 5. The van der Waals surface area contributed by atoms with Crippen LogP contribution in [-0.4, -0.2) is 50.7 Å². The predicted octanol–water partition coefficient (Wildman–Crippen LogP) is 3.82. The van der Waals surface area contributed by atoms with Crippen LogP contribution in [0.5, 0.6) is 11.5 Å². The lowest BCUT2D eigenvalue weighted by Crippen LogP contribution is -2.48. The number of piperazine rings is 1. The first-order chi connectivity index (χ1) is 12.6. The van der Waals surface area contributed by atoms with Crippen LogP contribution >= 0.6 is 15.9 Å². The van der Waals surface area contributed by atoms with E-state index >= 15 is 0 Å². The van der Waals surface area contributed by atoms with Crippen LogP contribution in [0.25, 0.3) is 0 Å². The summed E-state index contributed by atoms with van der Waals surface area (Å²) in [5.74, 6) is 1.20. The van der Waals surface area contributed by atoms with Gasteiger partial charge in [-0.15, -0.1) is 0 Å². The predicted molar refractivity (Wildman–Crippen MR) is 106 cm³/mol. The van der Waals surface area contributed by atoms with Crippen molar-refractivity contribution in [2.75, 3.05) is 44.8 Å². The van der Waals surface area contributed by atoms with Crippen LogP contribution in [0.4, 0.5) is 5.69 Å². The molecule has 6 heteroatoms. The second-order valence-electron chi connectivity index (χ2n) is 6.04. The van der Waals surface area contributed by atoms with Crippen molar-refractivity contribution in [1.29, 1.82) is 0 Å². The normalized spacial score (nSPS) is 14.3. The molecule has 1 heterocycles. The molecule has 0 unspecified atom stereocenters. The van der Waals surface area contributed by atoms with Crippen LogP contribution in [0.2, 0.25) is 0 Å². The lowest BCUT2D eigenvalue weighted by Gasteiger charge is -2.36. The fraction of sp³-hybridized carbons (Fsp3) is 0.350. The van der Waals surface area contributed by atoms with Crippen molar-refractivity contribution in [1.82, 2.24) is 4.90 Å². The first-order valence-corrected chi connectivity index (χ1v) is 9.53. The minimum Gasteiger partial charge on any atom is -0.492 e. The highest BCUT2D eigenvalue weighted by Crippen LogP contribution is 2.37. The molecule has 3 rings (SSSR count). The number of nitrogens with zero attached hydrogens (tertiary/aromatic N) is 2. The summed E-state index contributed by atoms with van der Waals surface area (Å²) >= 11 is 3.48. The molecule has 0 saturated carbocycles. The highest BCUT2D eigenvalue weighted by molar-refractivity contribution is 9.10. The van der Waals surface area contributed by atoms with E-state index in [1.54, 1.807) is 19.2 Å². The van der Waals surface area contributed by atoms with E-state index < -0.39 is 0 Å². The monoisotopic (exact) mass is 418 g/mol. The van der Waals surface area contributed by atoms with E-state index in [9.17, 15) is 4.79 Å². The maximum atomic E-state index is 12.9. The molecule has 138 valence electrons. The summed E-state index contributed by atoms with van der Waals surface area (Å²) in [7, 11) is 1.59. The second kappa shape index (κ2) is 8.45. The van der Waals surface area contributed by atoms with Crippen molar-refractivity contribution >= 4 is 27.5 Å². The molecule has 0 atom stereocenters. The van der Waals surface area contributed by atoms with Crippen LogP contribution in [-0.2, 0) is 0 Å². The van der Waals surface area contributed by atoms with Crippen molar-refractivity contribution in [3.05, 3.63) is 52.5 Å². The van der Waals surface area contributed by atoms with Gasteiger partial charge in [0.05, 0.1) is 18.2 Å². The van der Waals surface area contributed by atoms with Gasteiger partial charge >= 0.3 is 0 Å². The number of benzene rings is 2. The Labute approximate surface area is 162 Å². The van der Waals surface area contributed by atoms with Crippen molar-refractivity contribution in [3.63, 3.8) is 0 Å². The summed E-state index contributed by atoms with van der Waals surface area (Å²) in [5.41, 5.74) is 1.81. The molecule has 0 aliphatic carbocycles. The van der Waals surface area contributed by atoms with E-state index in [-0.39, 0.29) is 5.91 Å². The molecule has 1 aliphatic heterocycles. The Morgan fingerprint density at radius 2 is 1.81 bits per heavy atom. The molecule has 1 fully saturated rings. The van der Waals surface area contributed by atoms with Crippen molar-refractivity contribution in [2.24, 2.45) is 0 Å². The van der Waals surface area contributed by atoms with Crippen LogP contribution in [0.3, 0.4) is 0 Å². The fourth-order valence-corrected chi connectivity index (χ4v) is 3.75. The fourth-order valence-electron chi connectivity index (χ4n) is 3.14. The number of carbonyl (C=O) groups is 1. The van der Waals surface area contributed by atoms with Gasteiger partial charge in [0.25, 0.3) is 5.91 Å². The molecule has 1 aliphatic rings. The van der Waals surface area contributed by atoms with E-state index in [0.717, 1.165) is 17.6 Å². The topological polar surface area (TPSA) is 42.0 Å². The first-order valence-electron chi connectivity index (χ1n) is 8.73. The van der Waals surface area contributed by atoms with Crippen LogP contribution in [0.15, 0.2) is 46.9 Å². The zero-order valence-corrected chi connectivity index (χ0v) is 16.7. The van der Waals surface area contributed by atoms with E-state index in [1.165, 1.54) is 5.69 Å². The number of ether oxygens (including phenoxy) is 2. The standard InChI is InChI=1S/C20H23BrN2O3/c1-3-26-18-14-15(13-17(21)19(18)25-2)20(24)23-11-9-22(10-12-23)16-7-5-4-6-8-16/h4-8,13-14H,3,9-12H2,1-2H3. The maximum Gasteiger partial charge on any atom is 0.254 e. The Hall–Kier alpha value is -2.21. The van der Waals surface area contributed by atoms with Crippen molar-refractivity contribution in [2.45, 2.75) is 6.92 Å². The molecule has 0 N–H and O–H groups in total. The third-order valence-electron chi connectivity index (χ3n) is 4.45. The summed E-state index contributed by atoms with van der Waals surface area (Å²) < 4.78 is 11.7. The van der Waals surface area contributed by atoms with Crippen molar-refractivity contribution in [3.8, 4) is 11.5 Å². The summed E-state index contributed by atoms with van der Waals surface area (Å²) in [6.45, 7) is 5.46. The van der Waals surface area contributed by atoms with Gasteiger partial charge in [-0.25, -0.2) is 0 Å². The molecule has 0 bridgehead atoms. The van der Waals surface area contributed by atoms with Crippen LogP contribution in [0.1, 0.15) is 17.3 Å². The van der Waals surface area contributed by atoms with Crippen LogP contribution < -0.4 is 14.4 Å². The molecule has 2 aromatic carbocycles. The molecule has 0 aromatic heterocycles. The van der Waals surface area contributed by atoms with Gasteiger partial charge in [-0.2, -0.15) is 0 Å². The number of para-hydroxylation sites is 1. The van der Waals surface area contributed by atoms with Crippen molar-refractivity contribution < 1.29 is 14.3 Å². The number of hydrogen-bond donors (Lipinski definition) is 0. The number of amides is 1. The smallest absolute Gasteiger partial charge is 0.254 e. The second-order valence-corrected chi connectivity index (χ2v) is 6.89. The maximum absolute atomic E-state index is 12.9. The van der Waals surface area contributed by atoms with Gasteiger partial charge in [0.1, 0.15) is 0 Å². The van der Waals surface area contributed by atoms with Gasteiger partial charge in [-0.05, 0) is 47.1 Å². The Morgan fingerprint density at radius 1 is 1.12 bits per heavy atom. The molecule has 0 spiro atoms. The summed E-state index contributed by atoms with van der Waals surface area (Å²) in [6, 6.07) is 13.9. The Kier molecular flexibility index (Phi) is 6.04. The van der Waals surface area contributed by atoms with Gasteiger partial charge in [-0.3, -0.25) is 4.79 Å². The largest absolute Gasteiger partial charge is 0.492 e. The van der Waals surface area contributed by atoms with E-state index in [4.69, 9.17) is 9.47 Å². The molecule has 1 amide bonds. The average Bonchev–Trinajstić information content (AvgIpc) is 2.68. The summed E-state index contributed by atoms with van der Waals surface area (Å²) in [6.07, 6.45) is 0. The quantitative estimate of drug-likeness (QED) is 0.739. The lowest BCUT2D eigenvalue weighted by atomic mass is 10.1. The number of methoxy groups -OCH3 is 1. The van der Waals surface area contributed by atoms with E-state index in [0.29, 0.717) is 36.8 Å². The lowest BCUT2D eigenvalue weighted by molar-refractivity contribution is 0.0746. The zero-order chi connectivity index (χ0) is 18.5. The minimum absolute atomic E-state index is 0.0158. The van der Waals surface area contributed by atoms with Gasteiger partial charge in [0.15, 0.2) is 11.5 Å². The number of halogens is 1. The third kappa shape index (κ3) is 3.96. The summed E-state index contributed by atoms with van der Waals surface area (Å²) in [4.78, 5) is 17.1. The Bertz CT molecular complexity index is 759. The Balaban J connectivity index is 1.72. The zero-order valence-electron chi connectivity index (χ0n) is 15.1. The number of anilines is 1. The first kappa shape index (κ1) is 18.6. The molecule has 26 heavy (non-hydrogen) atoms. The highest BCUT2D eigenvalue weighted by atomic mass is 79.9. The number of hydrogen-bond acceptors (Lipinski definition) is 4. The van der Waals surface area contributed by atoms with Gasteiger partial charge in [0.2, 0.25) is 0 Å². The molecule has 0 radical (unpaired) electrons. The molecular formula is C20H23BrN2O3.